The monoisotopic (exact) mass is 452 g/mol. The summed E-state index contributed by atoms with van der Waals surface area (Å²) in [6, 6.07) is 9.50. The van der Waals surface area contributed by atoms with Gasteiger partial charge in [-0.2, -0.15) is 0 Å². The van der Waals surface area contributed by atoms with Gasteiger partial charge in [-0.05, 0) is 62.1 Å². The maximum absolute atomic E-state index is 13.1. The van der Waals surface area contributed by atoms with Crippen molar-refractivity contribution in [1.29, 1.82) is 0 Å². The van der Waals surface area contributed by atoms with Gasteiger partial charge >= 0.3 is 0 Å². The lowest BCUT2D eigenvalue weighted by Gasteiger charge is -2.31. The zero-order valence-electron chi connectivity index (χ0n) is 18.2. The van der Waals surface area contributed by atoms with Gasteiger partial charge in [0, 0.05) is 5.02 Å². The predicted octanol–water partition coefficient (Wildman–Crippen LogP) is 4.39. The molecule has 0 unspecified atom stereocenters. The zero-order chi connectivity index (χ0) is 22.6. The lowest BCUT2D eigenvalue weighted by molar-refractivity contribution is -0.122. The Morgan fingerprint density at radius 2 is 1.83 bits per heavy atom. The SMILES string of the molecule is CC[C@@H](NC(=O)[C@@H](C)N(c1cc(Cl)ccc1C)S(C)(=O)=O)c1ccc(OC)c(C)c1. The number of benzene rings is 2. The summed E-state index contributed by atoms with van der Waals surface area (Å²) in [6.07, 6.45) is 1.74. The third kappa shape index (κ3) is 5.46. The van der Waals surface area contributed by atoms with Gasteiger partial charge in [0.15, 0.2) is 0 Å². The van der Waals surface area contributed by atoms with Gasteiger partial charge in [-0.15, -0.1) is 0 Å². The normalized spacial score (nSPS) is 13.4. The topological polar surface area (TPSA) is 75.7 Å². The van der Waals surface area contributed by atoms with E-state index in [0.717, 1.165) is 27.4 Å². The van der Waals surface area contributed by atoms with Crippen molar-refractivity contribution in [3.8, 4) is 5.75 Å². The molecule has 2 atom stereocenters. The maximum Gasteiger partial charge on any atom is 0.244 e. The highest BCUT2D eigenvalue weighted by Crippen LogP contribution is 2.29. The van der Waals surface area contributed by atoms with Crippen LogP contribution in [0.1, 0.15) is 43.0 Å². The summed E-state index contributed by atoms with van der Waals surface area (Å²) in [5, 5.41) is 3.39. The molecular weight excluding hydrogens is 424 g/mol. The first kappa shape index (κ1) is 24.0. The molecule has 164 valence electrons. The first-order valence-corrected chi connectivity index (χ1v) is 11.9. The van der Waals surface area contributed by atoms with E-state index in [-0.39, 0.29) is 11.9 Å². The van der Waals surface area contributed by atoms with E-state index in [1.54, 1.807) is 39.2 Å². The summed E-state index contributed by atoms with van der Waals surface area (Å²) < 4.78 is 31.6. The fourth-order valence-electron chi connectivity index (χ4n) is 3.43. The minimum absolute atomic E-state index is 0.258. The van der Waals surface area contributed by atoms with Gasteiger partial charge < -0.3 is 10.1 Å². The van der Waals surface area contributed by atoms with Crippen molar-refractivity contribution in [3.05, 3.63) is 58.1 Å². The Morgan fingerprint density at radius 3 is 2.37 bits per heavy atom. The van der Waals surface area contributed by atoms with Crippen molar-refractivity contribution in [1.82, 2.24) is 5.32 Å². The highest BCUT2D eigenvalue weighted by Gasteiger charge is 2.31. The molecule has 0 fully saturated rings. The van der Waals surface area contributed by atoms with Crippen LogP contribution in [0.5, 0.6) is 5.75 Å². The number of nitrogens with zero attached hydrogens (tertiary/aromatic N) is 1. The van der Waals surface area contributed by atoms with Crippen molar-refractivity contribution < 1.29 is 17.9 Å². The van der Waals surface area contributed by atoms with E-state index >= 15 is 0 Å². The highest BCUT2D eigenvalue weighted by atomic mass is 35.5. The fraction of sp³-hybridized carbons (Fsp3) is 0.409. The van der Waals surface area contributed by atoms with Gasteiger partial charge in [0.25, 0.3) is 0 Å². The summed E-state index contributed by atoms with van der Waals surface area (Å²) in [6.45, 7) is 7.25. The largest absolute Gasteiger partial charge is 0.496 e. The first-order chi connectivity index (χ1) is 14.0. The second-order valence-electron chi connectivity index (χ2n) is 7.36. The minimum Gasteiger partial charge on any atom is -0.496 e. The van der Waals surface area contributed by atoms with Gasteiger partial charge in [0.1, 0.15) is 11.8 Å². The summed E-state index contributed by atoms with van der Waals surface area (Å²) >= 11 is 6.09. The third-order valence-electron chi connectivity index (χ3n) is 5.04. The van der Waals surface area contributed by atoms with E-state index in [1.165, 1.54) is 0 Å². The Kier molecular flexibility index (Phi) is 7.77. The zero-order valence-corrected chi connectivity index (χ0v) is 19.8. The van der Waals surface area contributed by atoms with Crippen LogP contribution in [0.2, 0.25) is 5.02 Å². The Bertz CT molecular complexity index is 1020. The number of carbonyl (C=O) groups excluding carboxylic acids is 1. The van der Waals surface area contributed by atoms with E-state index < -0.39 is 16.1 Å². The van der Waals surface area contributed by atoms with Crippen molar-refractivity contribution in [2.24, 2.45) is 0 Å². The summed E-state index contributed by atoms with van der Waals surface area (Å²) in [5.41, 5.74) is 2.99. The molecule has 6 nitrogen and oxygen atoms in total. The average Bonchev–Trinajstić information content (AvgIpc) is 2.67. The molecule has 0 saturated heterocycles. The van der Waals surface area contributed by atoms with Crippen molar-refractivity contribution >= 4 is 33.2 Å². The second kappa shape index (κ2) is 9.71. The van der Waals surface area contributed by atoms with Crippen LogP contribution in [0, 0.1) is 13.8 Å². The summed E-state index contributed by atoms with van der Waals surface area (Å²) in [7, 11) is -2.12. The highest BCUT2D eigenvalue weighted by molar-refractivity contribution is 7.92. The molecule has 0 spiro atoms. The van der Waals surface area contributed by atoms with Crippen molar-refractivity contribution in [3.63, 3.8) is 0 Å². The molecule has 1 N–H and O–H groups in total. The van der Waals surface area contributed by atoms with Gasteiger partial charge in [-0.1, -0.05) is 36.7 Å². The van der Waals surface area contributed by atoms with E-state index in [9.17, 15) is 13.2 Å². The number of nitrogens with one attached hydrogen (secondary N) is 1. The van der Waals surface area contributed by atoms with Crippen LogP contribution in [0.3, 0.4) is 0 Å². The van der Waals surface area contributed by atoms with Gasteiger partial charge in [-0.3, -0.25) is 9.10 Å². The van der Waals surface area contributed by atoms with Gasteiger partial charge in [-0.25, -0.2) is 8.42 Å². The first-order valence-electron chi connectivity index (χ1n) is 9.70. The lowest BCUT2D eigenvalue weighted by atomic mass is 10.0. The van der Waals surface area contributed by atoms with Crippen LogP contribution in [-0.4, -0.2) is 33.7 Å². The molecule has 2 rings (SSSR count). The van der Waals surface area contributed by atoms with Crippen LogP contribution < -0.4 is 14.4 Å². The number of sulfonamides is 1. The van der Waals surface area contributed by atoms with Crippen LogP contribution in [0.4, 0.5) is 5.69 Å². The van der Waals surface area contributed by atoms with Crippen LogP contribution in [0.15, 0.2) is 36.4 Å². The summed E-state index contributed by atoms with van der Waals surface area (Å²) in [4.78, 5) is 13.1. The molecule has 30 heavy (non-hydrogen) atoms. The molecule has 0 aromatic heterocycles. The van der Waals surface area contributed by atoms with Crippen LogP contribution in [0.25, 0.3) is 0 Å². The third-order valence-corrected chi connectivity index (χ3v) is 6.51. The molecule has 0 bridgehead atoms. The Morgan fingerprint density at radius 1 is 1.17 bits per heavy atom. The second-order valence-corrected chi connectivity index (χ2v) is 9.66. The molecule has 0 radical (unpaired) electrons. The molecular formula is C22H29ClN2O4S. The number of carbonyl (C=O) groups is 1. The molecule has 0 aliphatic heterocycles. The van der Waals surface area contributed by atoms with Crippen molar-refractivity contribution in [2.45, 2.75) is 46.2 Å². The van der Waals surface area contributed by atoms with Crippen molar-refractivity contribution in [2.75, 3.05) is 17.7 Å². The molecule has 2 aromatic carbocycles. The number of amides is 1. The molecule has 0 aliphatic carbocycles. The molecule has 0 saturated carbocycles. The Balaban J connectivity index is 2.34. The van der Waals surface area contributed by atoms with Crippen LogP contribution >= 0.6 is 11.6 Å². The lowest BCUT2D eigenvalue weighted by Crippen LogP contribution is -2.48. The standard InChI is InChI=1S/C22H29ClN2O4S/c1-7-19(17-9-11-21(29-5)15(3)12-17)24-22(26)16(4)25(30(6,27)28)20-13-18(23)10-8-14(20)2/h8-13,16,19H,7H2,1-6H3,(H,24,26)/t16-,19-/m1/s1. The maximum atomic E-state index is 13.1. The molecule has 8 heteroatoms. The van der Waals surface area contributed by atoms with Crippen LogP contribution in [-0.2, 0) is 14.8 Å². The minimum atomic E-state index is -3.73. The van der Waals surface area contributed by atoms with E-state index in [2.05, 4.69) is 5.32 Å². The number of ether oxygens (including phenoxy) is 1. The average molecular weight is 453 g/mol. The summed E-state index contributed by atoms with van der Waals surface area (Å²) in [5.74, 6) is 0.383. The number of rotatable bonds is 8. The van der Waals surface area contributed by atoms with Gasteiger partial charge in [0.05, 0.1) is 25.1 Å². The fourth-order valence-corrected chi connectivity index (χ4v) is 4.82. The number of aryl methyl sites for hydroxylation is 2. The predicted molar refractivity (Wildman–Crippen MR) is 122 cm³/mol. The molecule has 0 aliphatic rings. The molecule has 1 amide bonds. The molecule has 0 heterocycles. The number of halogens is 1. The number of anilines is 1. The van der Waals surface area contributed by atoms with E-state index in [0.29, 0.717) is 22.7 Å². The van der Waals surface area contributed by atoms with E-state index in [1.807, 2.05) is 32.0 Å². The smallest absolute Gasteiger partial charge is 0.244 e. The van der Waals surface area contributed by atoms with Gasteiger partial charge in [0.2, 0.25) is 15.9 Å². The number of hydrogen-bond donors (Lipinski definition) is 1. The quantitative estimate of drug-likeness (QED) is 0.644. The number of methoxy groups -OCH3 is 1. The molecule has 2 aromatic rings. The Hall–Kier alpha value is -2.25. The number of hydrogen-bond acceptors (Lipinski definition) is 4. The van der Waals surface area contributed by atoms with E-state index in [4.69, 9.17) is 16.3 Å². The Labute approximate surface area is 184 Å².